The van der Waals surface area contributed by atoms with Crippen molar-refractivity contribution in [2.75, 3.05) is 52.9 Å². The van der Waals surface area contributed by atoms with Crippen LogP contribution >= 0.6 is 0 Å². The Morgan fingerprint density at radius 1 is 0.578 bits per heavy atom. The van der Waals surface area contributed by atoms with Crippen molar-refractivity contribution in [1.29, 1.82) is 0 Å². The summed E-state index contributed by atoms with van der Waals surface area (Å²) in [6.45, 7) is 6.92. The van der Waals surface area contributed by atoms with E-state index < -0.39 is 17.9 Å². The summed E-state index contributed by atoms with van der Waals surface area (Å²) in [5.41, 5.74) is 2.44. The molecule has 0 radical (unpaired) electrons. The second-order valence-electron chi connectivity index (χ2n) is 9.17. The molecule has 3 aromatic carbocycles. The van der Waals surface area contributed by atoms with Gasteiger partial charge in [0.25, 0.3) is 0 Å². The molecule has 238 valence electrons. The van der Waals surface area contributed by atoms with Gasteiger partial charge >= 0.3 is 23.9 Å². The lowest BCUT2D eigenvalue weighted by atomic mass is 10.0. The van der Waals surface area contributed by atoms with Gasteiger partial charge in [-0.15, -0.1) is 0 Å². The molecule has 0 unspecified atom stereocenters. The van der Waals surface area contributed by atoms with E-state index in [1.54, 1.807) is 79.7 Å². The Labute approximate surface area is 261 Å². The monoisotopic (exact) mass is 620 g/mol. The molecule has 3 aromatic rings. The first-order valence-corrected chi connectivity index (χ1v) is 14.3. The Hall–Kier alpha value is -5.00. The summed E-state index contributed by atoms with van der Waals surface area (Å²) in [5.74, 6) is -0.914. The maximum absolute atomic E-state index is 12.6. The molecule has 0 atom stereocenters. The van der Waals surface area contributed by atoms with Crippen LogP contribution in [0.4, 0.5) is 0 Å². The number of carbonyl (C=O) groups is 4. The zero-order valence-electron chi connectivity index (χ0n) is 25.1. The van der Waals surface area contributed by atoms with Crippen LogP contribution in [0.15, 0.2) is 85.5 Å². The fourth-order valence-corrected chi connectivity index (χ4v) is 3.64. The van der Waals surface area contributed by atoms with Gasteiger partial charge in [-0.2, -0.15) is 0 Å². The first-order chi connectivity index (χ1) is 21.9. The predicted molar refractivity (Wildman–Crippen MR) is 163 cm³/mol. The van der Waals surface area contributed by atoms with Crippen LogP contribution in [0, 0.1) is 0 Å². The van der Waals surface area contributed by atoms with Gasteiger partial charge in [0.15, 0.2) is 0 Å². The van der Waals surface area contributed by atoms with Crippen molar-refractivity contribution in [3.8, 4) is 22.6 Å². The molecule has 0 fully saturated rings. The van der Waals surface area contributed by atoms with Crippen molar-refractivity contribution in [3.63, 3.8) is 0 Å². The largest absolute Gasteiger partial charge is 0.491 e. The Morgan fingerprint density at radius 2 is 1.07 bits per heavy atom. The highest BCUT2D eigenvalue weighted by atomic mass is 16.6. The van der Waals surface area contributed by atoms with E-state index in [9.17, 15) is 19.2 Å². The van der Waals surface area contributed by atoms with Crippen molar-refractivity contribution in [3.05, 3.63) is 96.6 Å². The molecule has 0 aliphatic carbocycles. The molecule has 0 aromatic heterocycles. The third kappa shape index (κ3) is 12.6. The zero-order chi connectivity index (χ0) is 32.3. The van der Waals surface area contributed by atoms with Gasteiger partial charge in [-0.25, -0.2) is 14.4 Å². The van der Waals surface area contributed by atoms with Crippen molar-refractivity contribution in [2.24, 2.45) is 0 Å². The number of ether oxygens (including phenoxy) is 7. The summed E-state index contributed by atoms with van der Waals surface area (Å²) in [6, 6.07) is 20.4. The number of esters is 4. The van der Waals surface area contributed by atoms with E-state index in [1.807, 2.05) is 0 Å². The smallest absolute Gasteiger partial charge is 0.343 e. The molecule has 0 bridgehead atoms. The van der Waals surface area contributed by atoms with Crippen LogP contribution in [-0.4, -0.2) is 76.7 Å². The molecule has 0 saturated heterocycles. The molecule has 0 aliphatic heterocycles. The third-order valence-corrected chi connectivity index (χ3v) is 5.98. The van der Waals surface area contributed by atoms with E-state index in [4.69, 9.17) is 33.2 Å². The molecule has 0 spiro atoms. The van der Waals surface area contributed by atoms with Crippen LogP contribution < -0.4 is 9.47 Å². The second kappa shape index (κ2) is 19.3. The van der Waals surface area contributed by atoms with Crippen molar-refractivity contribution < 1.29 is 52.3 Å². The fraction of sp³-hybridized carbons (Fsp3) is 0.294. The number of carbonyl (C=O) groups excluding carboxylic acids is 4. The lowest BCUT2D eigenvalue weighted by Gasteiger charge is -2.09. The average molecular weight is 621 g/mol. The summed E-state index contributed by atoms with van der Waals surface area (Å²) < 4.78 is 36.7. The topological polar surface area (TPSA) is 133 Å². The van der Waals surface area contributed by atoms with Crippen molar-refractivity contribution >= 4 is 23.9 Å². The van der Waals surface area contributed by atoms with Gasteiger partial charge in [-0.3, -0.25) is 4.79 Å². The highest BCUT2D eigenvalue weighted by Gasteiger charge is 2.11. The first-order valence-electron chi connectivity index (χ1n) is 14.3. The SMILES string of the molecule is C=CC(=O)OCCOC(=O)c1ccc(-c2ccc(OC(=O)c3ccc(OCCOCCOCCOC(=O)CC)cc3)cc2)cc1. The van der Waals surface area contributed by atoms with Crippen LogP contribution in [0.3, 0.4) is 0 Å². The molecular weight excluding hydrogens is 584 g/mol. The van der Waals surface area contributed by atoms with Gasteiger partial charge in [0, 0.05) is 12.5 Å². The molecule has 3 rings (SSSR count). The fourth-order valence-electron chi connectivity index (χ4n) is 3.64. The van der Waals surface area contributed by atoms with Crippen molar-refractivity contribution in [2.45, 2.75) is 13.3 Å². The molecular formula is C34H36O11. The van der Waals surface area contributed by atoms with Crippen LogP contribution in [-0.2, 0) is 33.3 Å². The quantitative estimate of drug-likeness (QED) is 0.0600. The van der Waals surface area contributed by atoms with Gasteiger partial charge in [-0.1, -0.05) is 37.8 Å². The first kappa shape index (κ1) is 34.5. The van der Waals surface area contributed by atoms with Crippen LogP contribution in [0.2, 0.25) is 0 Å². The highest BCUT2D eigenvalue weighted by Crippen LogP contribution is 2.24. The summed E-state index contributed by atoms with van der Waals surface area (Å²) in [5, 5.41) is 0. The van der Waals surface area contributed by atoms with E-state index >= 15 is 0 Å². The van der Waals surface area contributed by atoms with Crippen LogP contribution in [0.5, 0.6) is 11.5 Å². The maximum atomic E-state index is 12.6. The standard InChI is InChI=1S/C34H36O11/c1-3-31(35)42-22-20-40-18-17-39-19-21-41-29-13-11-28(12-14-29)34(38)45-30-15-9-26(10-16-30)25-5-7-27(8-6-25)33(37)44-24-23-43-32(36)4-2/h4-16H,2-3,17-24H2,1H3. The van der Waals surface area contributed by atoms with Crippen LogP contribution in [0.25, 0.3) is 11.1 Å². The van der Waals surface area contributed by atoms with E-state index in [0.29, 0.717) is 62.1 Å². The molecule has 0 N–H and O–H groups in total. The minimum atomic E-state index is -0.583. The van der Waals surface area contributed by atoms with Gasteiger partial charge in [0.2, 0.25) is 0 Å². The summed E-state index contributed by atoms with van der Waals surface area (Å²) in [6.07, 6.45) is 1.38. The number of hydrogen-bond donors (Lipinski definition) is 0. The normalized spacial score (nSPS) is 10.4. The Morgan fingerprint density at radius 3 is 1.69 bits per heavy atom. The molecule has 0 amide bonds. The van der Waals surface area contributed by atoms with Crippen LogP contribution in [0.1, 0.15) is 34.1 Å². The number of rotatable bonds is 19. The summed E-state index contributed by atoms with van der Waals surface area (Å²) in [7, 11) is 0. The third-order valence-electron chi connectivity index (χ3n) is 5.98. The zero-order valence-corrected chi connectivity index (χ0v) is 25.1. The lowest BCUT2D eigenvalue weighted by Crippen LogP contribution is -2.14. The molecule has 0 aliphatic rings. The molecule has 0 saturated carbocycles. The second-order valence-corrected chi connectivity index (χ2v) is 9.17. The predicted octanol–water partition coefficient (Wildman–Crippen LogP) is 4.82. The van der Waals surface area contributed by atoms with Gasteiger partial charge in [-0.05, 0) is 59.7 Å². The maximum Gasteiger partial charge on any atom is 0.343 e. The Balaban J connectivity index is 1.35. The van der Waals surface area contributed by atoms with E-state index in [2.05, 4.69) is 6.58 Å². The van der Waals surface area contributed by atoms with E-state index in [1.165, 1.54) is 0 Å². The summed E-state index contributed by atoms with van der Waals surface area (Å²) >= 11 is 0. The van der Waals surface area contributed by atoms with Gasteiger partial charge in [0.1, 0.15) is 37.9 Å². The lowest BCUT2D eigenvalue weighted by molar-refractivity contribution is -0.145. The Kier molecular flexibility index (Phi) is 14.8. The van der Waals surface area contributed by atoms with Crippen molar-refractivity contribution in [1.82, 2.24) is 0 Å². The average Bonchev–Trinajstić information content (AvgIpc) is 3.07. The minimum Gasteiger partial charge on any atom is -0.491 e. The Bertz CT molecular complexity index is 1380. The van der Waals surface area contributed by atoms with E-state index in [0.717, 1.165) is 17.2 Å². The van der Waals surface area contributed by atoms with Gasteiger partial charge < -0.3 is 33.2 Å². The molecule has 11 heteroatoms. The summed E-state index contributed by atoms with van der Waals surface area (Å²) in [4.78, 5) is 46.8. The minimum absolute atomic E-state index is 0.0531. The molecule has 11 nitrogen and oxygen atoms in total. The number of benzene rings is 3. The van der Waals surface area contributed by atoms with Gasteiger partial charge in [0.05, 0.1) is 37.6 Å². The molecule has 45 heavy (non-hydrogen) atoms. The molecule has 0 heterocycles. The number of hydrogen-bond acceptors (Lipinski definition) is 11. The highest BCUT2D eigenvalue weighted by molar-refractivity contribution is 5.91. The van der Waals surface area contributed by atoms with E-state index in [-0.39, 0.29) is 25.8 Å².